The van der Waals surface area contributed by atoms with Crippen molar-refractivity contribution in [1.29, 1.82) is 0 Å². The van der Waals surface area contributed by atoms with Crippen molar-refractivity contribution in [3.8, 4) is 0 Å². The van der Waals surface area contributed by atoms with E-state index in [0.29, 0.717) is 13.0 Å². The van der Waals surface area contributed by atoms with E-state index in [-0.39, 0.29) is 5.91 Å². The summed E-state index contributed by atoms with van der Waals surface area (Å²) in [5.41, 5.74) is 8.23. The van der Waals surface area contributed by atoms with Crippen molar-refractivity contribution in [1.82, 2.24) is 10.4 Å². The minimum atomic E-state index is -0.556. The molecule has 0 aliphatic carbocycles. The van der Waals surface area contributed by atoms with Crippen molar-refractivity contribution >= 4 is 11.9 Å². The van der Waals surface area contributed by atoms with E-state index < -0.39 is 6.03 Å². The monoisotopic (exact) mass is 566 g/mol. The molecule has 0 radical (unpaired) electrons. The number of nitrogens with two attached hydrogens (primary N) is 1. The number of nitrogens with zero attached hydrogens (tertiary/aromatic N) is 1. The molecule has 5 heteroatoms. The van der Waals surface area contributed by atoms with Gasteiger partial charge >= 0.3 is 6.03 Å². The highest BCUT2D eigenvalue weighted by atomic mass is 16.2. The fourth-order valence-corrected chi connectivity index (χ4v) is 5.55. The van der Waals surface area contributed by atoms with Gasteiger partial charge in [0, 0.05) is 13.0 Å². The van der Waals surface area contributed by atoms with Crippen LogP contribution in [0.15, 0.2) is 0 Å². The highest BCUT2D eigenvalue weighted by molar-refractivity contribution is 5.80. The normalized spacial score (nSPS) is 11.2. The molecule has 0 saturated carbocycles. The summed E-state index contributed by atoms with van der Waals surface area (Å²) in [6.07, 6.45) is 38.4. The van der Waals surface area contributed by atoms with Crippen LogP contribution in [0.4, 0.5) is 4.79 Å². The lowest BCUT2D eigenvalue weighted by atomic mass is 10.0. The molecule has 0 spiro atoms. The first-order chi connectivity index (χ1) is 19.6. The average molecular weight is 566 g/mol. The number of amides is 3. The maximum Gasteiger partial charge on any atom is 0.333 e. The molecule has 0 aliphatic heterocycles. The molecule has 0 bridgehead atoms. The molecule has 40 heavy (non-hydrogen) atoms. The zero-order valence-corrected chi connectivity index (χ0v) is 27.3. The van der Waals surface area contributed by atoms with Crippen molar-refractivity contribution < 1.29 is 9.59 Å². The molecule has 0 heterocycles. The Bertz CT molecular complexity index is 541. The Hall–Kier alpha value is -1.26. The number of primary amides is 1. The van der Waals surface area contributed by atoms with Crippen LogP contribution in [0.5, 0.6) is 0 Å². The second-order valence-corrected chi connectivity index (χ2v) is 12.3. The highest BCUT2D eigenvalue weighted by Crippen LogP contribution is 2.15. The lowest BCUT2D eigenvalue weighted by Gasteiger charge is -2.21. The van der Waals surface area contributed by atoms with Gasteiger partial charge < -0.3 is 5.73 Å². The third-order valence-electron chi connectivity index (χ3n) is 8.27. The van der Waals surface area contributed by atoms with Crippen molar-refractivity contribution in [2.75, 3.05) is 6.54 Å². The smallest absolute Gasteiger partial charge is 0.333 e. The molecule has 0 atom stereocenters. The summed E-state index contributed by atoms with van der Waals surface area (Å²) in [7, 11) is 0. The summed E-state index contributed by atoms with van der Waals surface area (Å²) >= 11 is 0. The number of hydrazine groups is 1. The van der Waals surface area contributed by atoms with Gasteiger partial charge in [-0.1, -0.05) is 187 Å². The molecule has 238 valence electrons. The molecule has 0 aromatic rings. The molecule has 0 rings (SSSR count). The molecule has 5 nitrogen and oxygen atoms in total. The summed E-state index contributed by atoms with van der Waals surface area (Å²) in [4.78, 5) is 24.0. The van der Waals surface area contributed by atoms with Gasteiger partial charge in [-0.2, -0.15) is 0 Å². The summed E-state index contributed by atoms with van der Waals surface area (Å²) in [6.45, 7) is 5.06. The van der Waals surface area contributed by atoms with Gasteiger partial charge in [-0.15, -0.1) is 0 Å². The number of rotatable bonds is 31. The Labute approximate surface area is 250 Å². The number of carbonyl (C=O) groups is 2. The predicted octanol–water partition coefficient (Wildman–Crippen LogP) is 11.1. The first-order valence-corrected chi connectivity index (χ1v) is 18.0. The van der Waals surface area contributed by atoms with Crippen LogP contribution in [0.2, 0.25) is 0 Å². The fourth-order valence-electron chi connectivity index (χ4n) is 5.55. The van der Waals surface area contributed by atoms with E-state index in [4.69, 9.17) is 5.73 Å². The lowest BCUT2D eigenvalue weighted by molar-refractivity contribution is -0.124. The van der Waals surface area contributed by atoms with Gasteiger partial charge in [0.1, 0.15) is 0 Å². The molecular weight excluding hydrogens is 494 g/mol. The number of carbonyl (C=O) groups excluding carboxylic acids is 2. The second kappa shape index (κ2) is 32.3. The molecule has 0 aliphatic rings. The number of unbranched alkanes of at least 4 members (excludes halogenated alkanes) is 27. The van der Waals surface area contributed by atoms with E-state index >= 15 is 0 Å². The number of urea groups is 1. The van der Waals surface area contributed by atoms with Gasteiger partial charge in [0.25, 0.3) is 0 Å². The van der Waals surface area contributed by atoms with Crippen LogP contribution in [0, 0.1) is 0 Å². The molecule has 0 fully saturated rings. The maximum absolute atomic E-state index is 12.3. The molecule has 3 amide bonds. The lowest BCUT2D eigenvalue weighted by Crippen LogP contribution is -2.49. The Kier molecular flexibility index (Phi) is 31.2. The van der Waals surface area contributed by atoms with Crippen molar-refractivity contribution in [2.24, 2.45) is 5.73 Å². The zero-order valence-electron chi connectivity index (χ0n) is 27.3. The quantitative estimate of drug-likeness (QED) is 0.0648. The topological polar surface area (TPSA) is 75.4 Å². The van der Waals surface area contributed by atoms with Crippen LogP contribution >= 0.6 is 0 Å². The largest absolute Gasteiger partial charge is 0.350 e. The standard InChI is InChI=1S/C35H71N3O2/c1-3-5-7-9-11-13-15-17-18-19-21-23-25-27-29-31-33-38(35(36)40)37-34(39)32-30-28-26-24-22-20-16-14-12-10-8-6-4-2/h3-33H2,1-2H3,(H2,36,40)(H,37,39). The molecule has 0 aromatic carbocycles. The van der Waals surface area contributed by atoms with Crippen molar-refractivity contribution in [3.05, 3.63) is 0 Å². The minimum Gasteiger partial charge on any atom is -0.350 e. The maximum atomic E-state index is 12.3. The zero-order chi connectivity index (χ0) is 29.4. The Balaban J connectivity index is 3.52. The van der Waals surface area contributed by atoms with Gasteiger partial charge in [-0.25, -0.2) is 9.80 Å². The van der Waals surface area contributed by atoms with Gasteiger partial charge in [0.15, 0.2) is 0 Å². The Morgan fingerprint density at radius 3 is 1.02 bits per heavy atom. The van der Waals surface area contributed by atoms with Crippen LogP contribution < -0.4 is 11.2 Å². The average Bonchev–Trinajstić information content (AvgIpc) is 2.94. The minimum absolute atomic E-state index is 0.0848. The van der Waals surface area contributed by atoms with E-state index in [1.165, 1.54) is 166 Å². The van der Waals surface area contributed by atoms with Crippen LogP contribution in [0.25, 0.3) is 0 Å². The van der Waals surface area contributed by atoms with E-state index in [1.807, 2.05) is 0 Å². The second-order valence-electron chi connectivity index (χ2n) is 12.3. The Morgan fingerprint density at radius 2 is 0.725 bits per heavy atom. The van der Waals surface area contributed by atoms with Gasteiger partial charge in [0.05, 0.1) is 0 Å². The van der Waals surface area contributed by atoms with Crippen molar-refractivity contribution in [3.63, 3.8) is 0 Å². The van der Waals surface area contributed by atoms with Crippen LogP contribution in [0.3, 0.4) is 0 Å². The predicted molar refractivity (Wildman–Crippen MR) is 174 cm³/mol. The number of hydrogen-bond donors (Lipinski definition) is 2. The number of hydrogen-bond acceptors (Lipinski definition) is 2. The number of nitrogens with one attached hydrogen (secondary N) is 1. The highest BCUT2D eigenvalue weighted by Gasteiger charge is 2.12. The Morgan fingerprint density at radius 1 is 0.450 bits per heavy atom. The van der Waals surface area contributed by atoms with E-state index in [2.05, 4.69) is 19.3 Å². The van der Waals surface area contributed by atoms with Gasteiger partial charge in [-0.05, 0) is 12.8 Å². The third kappa shape index (κ3) is 29.7. The van der Waals surface area contributed by atoms with Crippen LogP contribution in [-0.2, 0) is 4.79 Å². The molecule has 3 N–H and O–H groups in total. The first kappa shape index (κ1) is 38.7. The SMILES string of the molecule is CCCCCCCCCCCCCCCCCCN(NC(=O)CCCCCCCCCCCCCCC)C(N)=O. The molecular formula is C35H71N3O2. The molecule has 0 unspecified atom stereocenters. The van der Waals surface area contributed by atoms with Crippen LogP contribution in [0.1, 0.15) is 206 Å². The van der Waals surface area contributed by atoms with Gasteiger partial charge in [-0.3, -0.25) is 10.2 Å². The first-order valence-electron chi connectivity index (χ1n) is 18.0. The summed E-state index contributed by atoms with van der Waals surface area (Å²) in [5, 5.41) is 1.31. The molecule has 0 saturated heterocycles. The van der Waals surface area contributed by atoms with E-state index in [1.54, 1.807) is 0 Å². The van der Waals surface area contributed by atoms with Crippen molar-refractivity contribution in [2.45, 2.75) is 206 Å². The summed E-state index contributed by atoms with van der Waals surface area (Å²) < 4.78 is 0. The third-order valence-corrected chi connectivity index (χ3v) is 8.27. The molecule has 0 aromatic heterocycles. The summed E-state index contributed by atoms with van der Waals surface area (Å²) in [6, 6.07) is -0.556. The van der Waals surface area contributed by atoms with Gasteiger partial charge in [0.2, 0.25) is 5.91 Å². The van der Waals surface area contributed by atoms with E-state index in [9.17, 15) is 9.59 Å². The fraction of sp³-hybridized carbons (Fsp3) is 0.943. The van der Waals surface area contributed by atoms with Crippen LogP contribution in [-0.4, -0.2) is 23.5 Å². The summed E-state index contributed by atoms with van der Waals surface area (Å²) in [5.74, 6) is -0.0848. The van der Waals surface area contributed by atoms with E-state index in [0.717, 1.165) is 25.7 Å².